The SMILES string of the molecule is O=C(O)[C@H]1CCN(C(=O)[C@@H]2CCCN2C(=O)[C@H]2Cc3c([nH]c4ccccc34)CN2C(=O)c2ccc(Cl)c(Cl)c2)C1. The van der Waals surface area contributed by atoms with Crippen LogP contribution < -0.4 is 0 Å². The summed E-state index contributed by atoms with van der Waals surface area (Å²) in [4.78, 5) is 61.1. The Morgan fingerprint density at radius 3 is 2.45 bits per heavy atom. The van der Waals surface area contributed by atoms with E-state index in [9.17, 15) is 24.3 Å². The number of aliphatic carboxylic acids is 1. The van der Waals surface area contributed by atoms with Crippen molar-refractivity contribution in [1.82, 2.24) is 19.7 Å². The summed E-state index contributed by atoms with van der Waals surface area (Å²) in [5.41, 5.74) is 3.10. The Bertz CT molecular complexity index is 1540. The van der Waals surface area contributed by atoms with Gasteiger partial charge >= 0.3 is 5.97 Å². The number of carbonyl (C=O) groups excluding carboxylic acids is 3. The molecule has 3 aromatic rings. The van der Waals surface area contributed by atoms with Crippen LogP contribution in [0.5, 0.6) is 0 Å². The standard InChI is InChI=1S/C29H28Cl2N4O5/c30-20-8-7-16(12-21(20)31)26(36)35-15-23-19(18-4-1-2-5-22(18)32-23)13-25(35)28(38)34-10-3-6-24(34)27(37)33-11-9-17(14-33)29(39)40/h1-2,4-5,7-8,12,17,24-25,32H,3,6,9-11,13-15H2,(H,39,40)/t17-,24-,25+/m0/s1. The van der Waals surface area contributed by atoms with E-state index in [1.54, 1.807) is 26.8 Å². The molecule has 0 bridgehead atoms. The molecule has 4 heterocycles. The second-order valence-corrected chi connectivity index (χ2v) is 11.5. The van der Waals surface area contributed by atoms with Crippen molar-refractivity contribution in [2.24, 2.45) is 5.92 Å². The molecule has 9 nitrogen and oxygen atoms in total. The van der Waals surface area contributed by atoms with Crippen molar-refractivity contribution in [1.29, 1.82) is 0 Å². The van der Waals surface area contributed by atoms with E-state index in [2.05, 4.69) is 4.98 Å². The van der Waals surface area contributed by atoms with Gasteiger partial charge in [-0.1, -0.05) is 41.4 Å². The number of nitrogens with one attached hydrogen (secondary N) is 1. The van der Waals surface area contributed by atoms with Gasteiger partial charge in [0.2, 0.25) is 11.8 Å². The van der Waals surface area contributed by atoms with Gasteiger partial charge in [-0.15, -0.1) is 0 Å². The molecule has 40 heavy (non-hydrogen) atoms. The lowest BCUT2D eigenvalue weighted by Crippen LogP contribution is -2.56. The van der Waals surface area contributed by atoms with Gasteiger partial charge in [-0.05, 0) is 49.1 Å². The van der Waals surface area contributed by atoms with Gasteiger partial charge in [-0.3, -0.25) is 19.2 Å². The lowest BCUT2D eigenvalue weighted by Gasteiger charge is -2.38. The Kier molecular flexibility index (Phi) is 6.96. The smallest absolute Gasteiger partial charge is 0.308 e. The molecule has 6 rings (SSSR count). The van der Waals surface area contributed by atoms with Gasteiger partial charge in [0.1, 0.15) is 12.1 Å². The summed E-state index contributed by atoms with van der Waals surface area (Å²) in [7, 11) is 0. The molecule has 0 radical (unpaired) electrons. The maximum absolute atomic E-state index is 14.2. The zero-order chi connectivity index (χ0) is 28.1. The number of amides is 3. The number of carboxylic acids is 1. The molecule has 2 fully saturated rings. The quantitative estimate of drug-likeness (QED) is 0.483. The topological polar surface area (TPSA) is 114 Å². The van der Waals surface area contributed by atoms with E-state index in [-0.39, 0.29) is 35.8 Å². The van der Waals surface area contributed by atoms with Crippen LogP contribution in [0.2, 0.25) is 10.0 Å². The minimum Gasteiger partial charge on any atom is -0.481 e. The number of para-hydroxylation sites is 1. The van der Waals surface area contributed by atoms with E-state index >= 15 is 0 Å². The minimum atomic E-state index is -0.914. The number of fused-ring (bicyclic) bond motifs is 3. The fourth-order valence-corrected chi connectivity index (χ4v) is 6.59. The fraction of sp³-hybridized carbons (Fsp3) is 0.379. The molecule has 3 aliphatic rings. The second kappa shape index (κ2) is 10.4. The molecule has 3 aliphatic heterocycles. The van der Waals surface area contributed by atoms with Crippen LogP contribution in [0.3, 0.4) is 0 Å². The van der Waals surface area contributed by atoms with E-state index in [1.165, 1.54) is 6.07 Å². The Morgan fingerprint density at radius 2 is 1.70 bits per heavy atom. The molecule has 0 saturated carbocycles. The third kappa shape index (κ3) is 4.61. The van der Waals surface area contributed by atoms with Crippen molar-refractivity contribution in [3.8, 4) is 0 Å². The molecule has 0 aliphatic carbocycles. The molecule has 2 aromatic carbocycles. The number of nitrogens with zero attached hydrogens (tertiary/aromatic N) is 3. The molecular formula is C29H28Cl2N4O5. The first-order valence-corrected chi connectivity index (χ1v) is 14.1. The van der Waals surface area contributed by atoms with Crippen LogP contribution in [-0.4, -0.2) is 80.2 Å². The van der Waals surface area contributed by atoms with Gasteiger partial charge in [0, 0.05) is 48.2 Å². The number of halogens is 2. The van der Waals surface area contributed by atoms with Crippen LogP contribution in [0.25, 0.3) is 10.9 Å². The van der Waals surface area contributed by atoms with E-state index in [0.717, 1.165) is 22.2 Å². The molecule has 208 valence electrons. The first-order valence-electron chi connectivity index (χ1n) is 13.4. The van der Waals surface area contributed by atoms with Gasteiger partial charge in [0.15, 0.2) is 0 Å². The zero-order valence-electron chi connectivity index (χ0n) is 21.6. The molecule has 3 atom stereocenters. The second-order valence-electron chi connectivity index (χ2n) is 10.7. The predicted molar refractivity (Wildman–Crippen MR) is 149 cm³/mol. The fourth-order valence-electron chi connectivity index (χ4n) is 6.29. The molecule has 0 spiro atoms. The van der Waals surface area contributed by atoms with Gasteiger partial charge in [-0.2, -0.15) is 0 Å². The summed E-state index contributed by atoms with van der Waals surface area (Å²) in [6.07, 6.45) is 1.86. The molecular weight excluding hydrogens is 555 g/mol. The number of aromatic nitrogens is 1. The van der Waals surface area contributed by atoms with Crippen molar-refractivity contribution in [3.05, 3.63) is 69.3 Å². The highest BCUT2D eigenvalue weighted by atomic mass is 35.5. The third-order valence-corrected chi connectivity index (χ3v) is 9.13. The van der Waals surface area contributed by atoms with Crippen LogP contribution in [0, 0.1) is 5.92 Å². The third-order valence-electron chi connectivity index (χ3n) is 8.39. The van der Waals surface area contributed by atoms with Crippen LogP contribution in [-0.2, 0) is 27.3 Å². The Balaban J connectivity index is 1.32. The van der Waals surface area contributed by atoms with Crippen LogP contribution in [0.4, 0.5) is 0 Å². The number of hydrogen-bond acceptors (Lipinski definition) is 4. The molecule has 2 N–H and O–H groups in total. The maximum Gasteiger partial charge on any atom is 0.308 e. The van der Waals surface area contributed by atoms with E-state index in [1.807, 2.05) is 24.3 Å². The normalized spacial score (nSPS) is 22.6. The van der Waals surface area contributed by atoms with Crippen LogP contribution in [0.1, 0.15) is 40.9 Å². The largest absolute Gasteiger partial charge is 0.481 e. The van der Waals surface area contributed by atoms with E-state index in [0.29, 0.717) is 49.4 Å². The molecule has 2 saturated heterocycles. The van der Waals surface area contributed by atoms with Crippen LogP contribution >= 0.6 is 23.2 Å². The average molecular weight is 583 g/mol. The first kappa shape index (κ1) is 26.7. The van der Waals surface area contributed by atoms with Crippen molar-refractivity contribution < 1.29 is 24.3 Å². The summed E-state index contributed by atoms with van der Waals surface area (Å²) >= 11 is 12.3. The van der Waals surface area contributed by atoms with Gasteiger partial charge in [-0.25, -0.2) is 0 Å². The van der Waals surface area contributed by atoms with Crippen LogP contribution in [0.15, 0.2) is 42.5 Å². The monoisotopic (exact) mass is 582 g/mol. The van der Waals surface area contributed by atoms with Gasteiger partial charge in [0.05, 0.1) is 22.5 Å². The number of likely N-dealkylation sites (tertiary alicyclic amines) is 2. The number of aromatic amines is 1. The van der Waals surface area contributed by atoms with Gasteiger partial charge in [0.25, 0.3) is 5.91 Å². The number of carboxylic acid groups (broad SMARTS) is 1. The highest BCUT2D eigenvalue weighted by molar-refractivity contribution is 6.42. The molecule has 1 aromatic heterocycles. The van der Waals surface area contributed by atoms with Crippen molar-refractivity contribution in [2.45, 2.75) is 44.3 Å². The highest BCUT2D eigenvalue weighted by Gasteiger charge is 2.45. The predicted octanol–water partition coefficient (Wildman–Crippen LogP) is 3.97. The van der Waals surface area contributed by atoms with Crippen molar-refractivity contribution in [3.63, 3.8) is 0 Å². The van der Waals surface area contributed by atoms with E-state index < -0.39 is 24.0 Å². The molecule has 3 amide bonds. The lowest BCUT2D eigenvalue weighted by atomic mass is 9.94. The Hall–Kier alpha value is -3.56. The summed E-state index contributed by atoms with van der Waals surface area (Å²) in [6, 6.07) is 11.0. The summed E-state index contributed by atoms with van der Waals surface area (Å²) in [5, 5.41) is 10.9. The minimum absolute atomic E-state index is 0.150. The molecule has 11 heteroatoms. The molecule has 0 unspecified atom stereocenters. The highest BCUT2D eigenvalue weighted by Crippen LogP contribution is 2.34. The van der Waals surface area contributed by atoms with E-state index in [4.69, 9.17) is 23.2 Å². The Labute approximate surface area is 240 Å². The average Bonchev–Trinajstić information content (AvgIpc) is 3.71. The van der Waals surface area contributed by atoms with Gasteiger partial charge < -0.3 is 24.8 Å². The summed E-state index contributed by atoms with van der Waals surface area (Å²) in [6.45, 7) is 1.10. The number of hydrogen-bond donors (Lipinski definition) is 2. The lowest BCUT2D eigenvalue weighted by molar-refractivity contribution is -0.147. The number of benzene rings is 2. The maximum atomic E-state index is 14.2. The number of carbonyl (C=O) groups is 4. The van der Waals surface area contributed by atoms with Crippen molar-refractivity contribution in [2.75, 3.05) is 19.6 Å². The first-order chi connectivity index (χ1) is 19.2. The Morgan fingerprint density at radius 1 is 0.900 bits per heavy atom. The zero-order valence-corrected chi connectivity index (χ0v) is 23.1. The van der Waals surface area contributed by atoms with Crippen molar-refractivity contribution >= 4 is 57.8 Å². The number of H-pyrrole nitrogens is 1. The summed E-state index contributed by atoms with van der Waals surface area (Å²) in [5.74, 6) is -2.36. The number of rotatable bonds is 4. The summed E-state index contributed by atoms with van der Waals surface area (Å²) < 4.78 is 0.